The first-order valence-electron chi connectivity index (χ1n) is 6.17. The van der Waals surface area contributed by atoms with E-state index in [-0.39, 0.29) is 17.4 Å². The fourth-order valence-electron chi connectivity index (χ4n) is 1.65. The Labute approximate surface area is 118 Å². The summed E-state index contributed by atoms with van der Waals surface area (Å²) in [5.41, 5.74) is 0.781. The standard InChI is InChI=1S/C13H18ClFO3S/c1-3-10(2)12-9-11(19(14,16)17)5-6-13(12)18-8-4-7-15/h5-6,9-10H,3-4,7-8H2,1-2H3. The summed E-state index contributed by atoms with van der Waals surface area (Å²) in [4.78, 5) is 0.0577. The summed E-state index contributed by atoms with van der Waals surface area (Å²) in [7, 11) is 1.59. The second kappa shape index (κ2) is 7.10. The van der Waals surface area contributed by atoms with Gasteiger partial charge < -0.3 is 4.74 Å². The maximum atomic E-state index is 12.1. The van der Waals surface area contributed by atoms with E-state index in [1.807, 2.05) is 13.8 Å². The summed E-state index contributed by atoms with van der Waals surface area (Å²) < 4.78 is 40.2. The molecule has 0 fully saturated rings. The van der Waals surface area contributed by atoms with Gasteiger partial charge in [0.2, 0.25) is 0 Å². The average molecular weight is 309 g/mol. The van der Waals surface area contributed by atoms with Crippen LogP contribution >= 0.6 is 10.7 Å². The maximum Gasteiger partial charge on any atom is 0.261 e. The lowest BCUT2D eigenvalue weighted by molar-refractivity contribution is 0.285. The van der Waals surface area contributed by atoms with E-state index in [1.54, 1.807) is 6.07 Å². The van der Waals surface area contributed by atoms with Gasteiger partial charge in [-0.1, -0.05) is 13.8 Å². The molecule has 1 aromatic carbocycles. The highest BCUT2D eigenvalue weighted by Gasteiger charge is 2.16. The van der Waals surface area contributed by atoms with Crippen LogP contribution in [-0.4, -0.2) is 21.7 Å². The first kappa shape index (κ1) is 16.2. The van der Waals surface area contributed by atoms with Crippen molar-refractivity contribution in [3.8, 4) is 5.75 Å². The first-order valence-corrected chi connectivity index (χ1v) is 8.48. The summed E-state index contributed by atoms with van der Waals surface area (Å²) in [6.07, 6.45) is 1.15. The molecule has 0 N–H and O–H groups in total. The molecule has 0 aliphatic carbocycles. The molecule has 108 valence electrons. The van der Waals surface area contributed by atoms with E-state index in [1.165, 1.54) is 12.1 Å². The van der Waals surface area contributed by atoms with Gasteiger partial charge in [-0.2, -0.15) is 0 Å². The van der Waals surface area contributed by atoms with E-state index in [0.717, 1.165) is 12.0 Å². The van der Waals surface area contributed by atoms with Crippen LogP contribution < -0.4 is 4.74 Å². The van der Waals surface area contributed by atoms with Crippen molar-refractivity contribution in [2.75, 3.05) is 13.3 Å². The smallest absolute Gasteiger partial charge is 0.261 e. The lowest BCUT2D eigenvalue weighted by Gasteiger charge is -2.16. The van der Waals surface area contributed by atoms with Crippen LogP contribution in [0.5, 0.6) is 5.75 Å². The van der Waals surface area contributed by atoms with Crippen LogP contribution in [0.25, 0.3) is 0 Å². The molecule has 0 radical (unpaired) electrons. The van der Waals surface area contributed by atoms with Gasteiger partial charge in [-0.3, -0.25) is 4.39 Å². The summed E-state index contributed by atoms with van der Waals surface area (Å²) in [6, 6.07) is 4.51. The zero-order valence-corrected chi connectivity index (χ0v) is 12.6. The average Bonchev–Trinajstić information content (AvgIpc) is 2.37. The van der Waals surface area contributed by atoms with E-state index in [9.17, 15) is 12.8 Å². The van der Waals surface area contributed by atoms with Gasteiger partial charge in [-0.05, 0) is 36.1 Å². The third kappa shape index (κ3) is 4.66. The predicted molar refractivity (Wildman–Crippen MR) is 74.3 cm³/mol. The lowest BCUT2D eigenvalue weighted by atomic mass is 9.98. The SMILES string of the molecule is CCC(C)c1cc(S(=O)(=O)Cl)ccc1OCCCF. The molecule has 0 amide bonds. The molecule has 1 aromatic rings. The molecular formula is C13H18ClFO3S. The highest BCUT2D eigenvalue weighted by atomic mass is 35.7. The van der Waals surface area contributed by atoms with Crippen LogP contribution in [0.1, 0.15) is 38.2 Å². The number of ether oxygens (including phenoxy) is 1. The first-order chi connectivity index (χ1) is 8.90. The minimum Gasteiger partial charge on any atom is -0.493 e. The van der Waals surface area contributed by atoms with E-state index in [4.69, 9.17) is 15.4 Å². The second-order valence-corrected chi connectivity index (χ2v) is 6.90. The monoisotopic (exact) mass is 308 g/mol. The van der Waals surface area contributed by atoms with E-state index >= 15 is 0 Å². The Hall–Kier alpha value is -0.810. The van der Waals surface area contributed by atoms with E-state index < -0.39 is 15.7 Å². The van der Waals surface area contributed by atoms with Gasteiger partial charge in [0.05, 0.1) is 18.2 Å². The van der Waals surface area contributed by atoms with Gasteiger partial charge in [0.1, 0.15) is 5.75 Å². The van der Waals surface area contributed by atoms with Crippen molar-refractivity contribution in [3.05, 3.63) is 23.8 Å². The zero-order chi connectivity index (χ0) is 14.5. The molecule has 0 aromatic heterocycles. The Morgan fingerprint density at radius 2 is 2.11 bits per heavy atom. The number of hydrogen-bond acceptors (Lipinski definition) is 3. The molecule has 1 unspecified atom stereocenters. The largest absolute Gasteiger partial charge is 0.493 e. The number of benzene rings is 1. The van der Waals surface area contributed by atoms with Crippen LogP contribution in [0.4, 0.5) is 4.39 Å². The number of rotatable bonds is 7. The molecule has 0 spiro atoms. The Morgan fingerprint density at radius 3 is 2.63 bits per heavy atom. The Bertz CT molecular complexity index is 517. The van der Waals surface area contributed by atoms with Gasteiger partial charge in [-0.15, -0.1) is 0 Å². The highest BCUT2D eigenvalue weighted by Crippen LogP contribution is 2.32. The highest BCUT2D eigenvalue weighted by molar-refractivity contribution is 8.13. The van der Waals surface area contributed by atoms with Crippen LogP contribution in [0.3, 0.4) is 0 Å². The van der Waals surface area contributed by atoms with Crippen molar-refractivity contribution >= 4 is 19.7 Å². The summed E-state index contributed by atoms with van der Waals surface area (Å²) in [5.74, 6) is 0.727. The van der Waals surface area contributed by atoms with Crippen LogP contribution in [0.15, 0.2) is 23.1 Å². The van der Waals surface area contributed by atoms with Crippen molar-refractivity contribution < 1.29 is 17.5 Å². The van der Waals surface area contributed by atoms with Crippen molar-refractivity contribution in [2.45, 2.75) is 37.5 Å². The van der Waals surface area contributed by atoms with Gasteiger partial charge in [-0.25, -0.2) is 8.42 Å². The molecule has 0 aliphatic heterocycles. The van der Waals surface area contributed by atoms with Crippen LogP contribution in [0.2, 0.25) is 0 Å². The van der Waals surface area contributed by atoms with Crippen molar-refractivity contribution in [2.24, 2.45) is 0 Å². The van der Waals surface area contributed by atoms with Gasteiger partial charge in [0.15, 0.2) is 0 Å². The van der Waals surface area contributed by atoms with Crippen LogP contribution in [-0.2, 0) is 9.05 Å². The third-order valence-corrected chi connectivity index (χ3v) is 4.29. The summed E-state index contributed by atoms with van der Waals surface area (Å²) in [6.45, 7) is 3.81. The van der Waals surface area contributed by atoms with Crippen molar-refractivity contribution in [1.29, 1.82) is 0 Å². The quantitative estimate of drug-likeness (QED) is 0.567. The predicted octanol–water partition coefficient (Wildman–Crippen LogP) is 3.87. The Kier molecular flexibility index (Phi) is 6.07. The maximum absolute atomic E-state index is 12.1. The van der Waals surface area contributed by atoms with E-state index in [2.05, 4.69) is 0 Å². The molecular weight excluding hydrogens is 291 g/mol. The molecule has 1 atom stereocenters. The molecule has 6 heteroatoms. The molecule has 0 saturated carbocycles. The minimum atomic E-state index is -3.75. The summed E-state index contributed by atoms with van der Waals surface area (Å²) in [5, 5.41) is 0. The Morgan fingerprint density at radius 1 is 1.42 bits per heavy atom. The second-order valence-electron chi connectivity index (χ2n) is 4.34. The molecule has 3 nitrogen and oxygen atoms in total. The number of hydrogen-bond donors (Lipinski definition) is 0. The Balaban J connectivity index is 3.10. The zero-order valence-electron chi connectivity index (χ0n) is 11.0. The number of halogens is 2. The van der Waals surface area contributed by atoms with Crippen LogP contribution in [0, 0.1) is 0 Å². The molecule has 0 heterocycles. The van der Waals surface area contributed by atoms with Gasteiger partial charge >= 0.3 is 0 Å². The van der Waals surface area contributed by atoms with Crippen molar-refractivity contribution in [3.63, 3.8) is 0 Å². The fraction of sp³-hybridized carbons (Fsp3) is 0.538. The number of alkyl halides is 1. The van der Waals surface area contributed by atoms with Gasteiger partial charge in [0.25, 0.3) is 9.05 Å². The molecule has 1 rings (SSSR count). The molecule has 19 heavy (non-hydrogen) atoms. The fourth-order valence-corrected chi connectivity index (χ4v) is 2.44. The summed E-state index contributed by atoms with van der Waals surface area (Å²) >= 11 is 0. The molecule has 0 aliphatic rings. The van der Waals surface area contributed by atoms with Crippen molar-refractivity contribution in [1.82, 2.24) is 0 Å². The van der Waals surface area contributed by atoms with E-state index in [0.29, 0.717) is 12.2 Å². The normalized spacial score (nSPS) is 13.3. The lowest BCUT2D eigenvalue weighted by Crippen LogP contribution is -2.04. The third-order valence-electron chi connectivity index (χ3n) is 2.94. The molecule has 0 saturated heterocycles. The molecule has 0 bridgehead atoms. The van der Waals surface area contributed by atoms with Gasteiger partial charge in [0, 0.05) is 17.1 Å². The minimum absolute atomic E-state index is 0.0577. The topological polar surface area (TPSA) is 43.4 Å².